The molecule has 6 rings (SSSR count). The molecule has 4 aromatic rings. The van der Waals surface area contributed by atoms with Crippen LogP contribution < -0.4 is 10.5 Å². The number of benzene rings is 4. The maximum atomic E-state index is 13.0. The smallest absolute Gasteiger partial charge is 0.330 e. The summed E-state index contributed by atoms with van der Waals surface area (Å²) in [5.41, 5.74) is 11.0. The Balaban J connectivity index is 0.000000303. The first-order valence-electron chi connectivity index (χ1n) is 21.5. The van der Waals surface area contributed by atoms with Crippen LogP contribution in [0, 0.1) is 0 Å². The maximum absolute atomic E-state index is 13.0. The van der Waals surface area contributed by atoms with Gasteiger partial charge in [0.15, 0.2) is 0 Å². The molecule has 4 aromatic carbocycles. The lowest BCUT2D eigenvalue weighted by Gasteiger charge is -2.33. The fourth-order valence-corrected chi connectivity index (χ4v) is 13.8. The molecular weight excluding hydrogens is 1060 g/mol. The second-order valence-electron chi connectivity index (χ2n) is 15.5. The number of nitrogens with zero attached hydrogens (tertiary/aromatic N) is 2. The minimum absolute atomic E-state index is 0. The van der Waals surface area contributed by atoms with E-state index >= 15 is 0 Å². The molecule has 2 heterocycles. The molecule has 14 nitrogen and oxygen atoms in total. The highest BCUT2D eigenvalue weighted by molar-refractivity contribution is 8.13. The lowest BCUT2D eigenvalue weighted by molar-refractivity contribution is 0.219. The molecule has 0 amide bonds. The Morgan fingerprint density at radius 1 is 0.647 bits per heavy atom. The van der Waals surface area contributed by atoms with E-state index in [2.05, 4.69) is 14.5 Å². The average Bonchev–Trinajstić information content (AvgIpc) is 3.24. The third kappa shape index (κ3) is 17.3. The first-order chi connectivity index (χ1) is 31.5. The van der Waals surface area contributed by atoms with Gasteiger partial charge in [0.25, 0.3) is 9.05 Å². The lowest BCUT2D eigenvalue weighted by atomic mass is 9.85. The van der Waals surface area contributed by atoms with Gasteiger partial charge in [-0.2, -0.15) is 0 Å². The minimum Gasteiger partial charge on any atom is -0.330 e. The van der Waals surface area contributed by atoms with E-state index in [1.807, 2.05) is 38.4 Å². The number of likely N-dealkylation sites (N-methyl/N-ethyl adjacent to an activating group) is 2. The summed E-state index contributed by atoms with van der Waals surface area (Å²) in [4.78, 5) is 4.52. The molecule has 0 saturated carbocycles. The van der Waals surface area contributed by atoms with Crippen LogP contribution in [0.15, 0.2) is 82.6 Å². The summed E-state index contributed by atoms with van der Waals surface area (Å²) in [6.07, 6.45) is 0.250. The van der Waals surface area contributed by atoms with E-state index in [9.17, 15) is 26.0 Å². The third-order valence-corrected chi connectivity index (χ3v) is 18.6. The molecule has 0 spiro atoms. The molecule has 3 N–H and O–H groups in total. The van der Waals surface area contributed by atoms with Crippen molar-refractivity contribution in [2.45, 2.75) is 69.8 Å². The number of sulfonamides is 1. The van der Waals surface area contributed by atoms with Crippen molar-refractivity contribution < 1.29 is 44.1 Å². The summed E-state index contributed by atoms with van der Waals surface area (Å²) >= 11 is 25.2. The van der Waals surface area contributed by atoms with Gasteiger partial charge in [-0.15, -0.1) is 0 Å². The van der Waals surface area contributed by atoms with Crippen molar-refractivity contribution in [2.75, 3.05) is 79.0 Å². The molecule has 2 atom stereocenters. The van der Waals surface area contributed by atoms with Gasteiger partial charge in [-0.1, -0.05) is 78.1 Å². The Morgan fingerprint density at radius 3 is 1.44 bits per heavy atom. The Kier molecular flexibility index (Phi) is 24.5. The number of nitrogens with two attached hydrogens (primary N) is 1. The first kappa shape index (κ1) is 60.7. The van der Waals surface area contributed by atoms with Crippen molar-refractivity contribution >= 4 is 91.4 Å². The van der Waals surface area contributed by atoms with Crippen LogP contribution >= 0.6 is 72.3 Å². The normalized spacial score (nSPS) is 16.6. The molecule has 2 aliphatic rings. The van der Waals surface area contributed by atoms with Crippen molar-refractivity contribution in [3.05, 3.63) is 126 Å². The Morgan fingerprint density at radius 2 is 1.04 bits per heavy atom. The van der Waals surface area contributed by atoms with Crippen LogP contribution in [0.5, 0.6) is 0 Å². The van der Waals surface area contributed by atoms with Gasteiger partial charge < -0.3 is 33.6 Å². The fraction of sp³-hybridized carbons (Fsp3) is 0.467. The molecule has 0 fully saturated rings. The van der Waals surface area contributed by atoms with Gasteiger partial charge in [-0.05, 0) is 124 Å². The van der Waals surface area contributed by atoms with Crippen LogP contribution in [0.25, 0.3) is 0 Å². The van der Waals surface area contributed by atoms with E-state index in [1.54, 1.807) is 64.1 Å². The van der Waals surface area contributed by atoms with Crippen molar-refractivity contribution in [3.63, 3.8) is 0 Å². The van der Waals surface area contributed by atoms with Crippen LogP contribution in [-0.2, 0) is 59.4 Å². The highest BCUT2D eigenvalue weighted by atomic mass is 35.7. The summed E-state index contributed by atoms with van der Waals surface area (Å²) in [5, 5.41) is 2.36. The molecule has 0 bridgehead atoms. The van der Waals surface area contributed by atoms with Crippen LogP contribution in [0.1, 0.15) is 80.3 Å². The first-order valence-corrected chi connectivity index (χ1v) is 30.2. The van der Waals surface area contributed by atoms with E-state index in [0.29, 0.717) is 59.1 Å². The molecule has 2 aliphatic heterocycles. The zero-order chi connectivity index (χ0) is 49.7. The zero-order valence-corrected chi connectivity index (χ0v) is 45.4. The molecule has 0 radical (unpaired) electrons. The topological polar surface area (TPSA) is 184 Å². The monoisotopic (exact) mass is 1120 g/mol. The van der Waals surface area contributed by atoms with Crippen LogP contribution in [0.2, 0.25) is 20.1 Å². The highest BCUT2D eigenvalue weighted by Gasteiger charge is 2.30. The molecule has 68 heavy (non-hydrogen) atoms. The van der Waals surface area contributed by atoms with Crippen LogP contribution in [0.3, 0.4) is 0 Å². The third-order valence-electron chi connectivity index (χ3n) is 10.5. The molecular formula is C45H63Cl5N4O10P2S2. The summed E-state index contributed by atoms with van der Waals surface area (Å²) < 4.78 is 96.1. The van der Waals surface area contributed by atoms with Gasteiger partial charge in [-0.3, -0.25) is 9.13 Å². The van der Waals surface area contributed by atoms with Crippen LogP contribution in [-0.4, -0.2) is 106 Å². The molecule has 2 unspecified atom stereocenters. The number of halogens is 5. The number of hydrogen-bond acceptors (Lipinski definition) is 13. The Hall–Kier alpha value is -1.63. The molecule has 0 saturated heterocycles. The number of rotatable bonds is 18. The second-order valence-corrected chi connectivity index (χ2v) is 25.9. The predicted molar refractivity (Wildman–Crippen MR) is 278 cm³/mol. The van der Waals surface area contributed by atoms with E-state index in [0.717, 1.165) is 46.5 Å². The second kappa shape index (κ2) is 27.4. The van der Waals surface area contributed by atoms with Gasteiger partial charge >= 0.3 is 15.2 Å². The number of nitrogens with one attached hydrogen (secondary N) is 1. The van der Waals surface area contributed by atoms with Crippen molar-refractivity contribution in [1.82, 2.24) is 14.5 Å². The number of fused-ring (bicyclic) bond motifs is 2. The fourth-order valence-electron chi connectivity index (χ4n) is 7.72. The SMILES string of the molecule is C.CCOP(=O)(CCN)OCC.CCOP(=O)(CCNS(=O)(=O)c1cccc(C2CN(C)Cc3c(Cl)cc(Cl)cc32)c1)OCC.CN1Cc2c(Cl)cc(Cl)cc2C(c2cccc(S(=O)(=O)Cl)c2)C1. The predicted octanol–water partition coefficient (Wildman–Crippen LogP) is 11.5. The lowest BCUT2D eigenvalue weighted by Crippen LogP contribution is -2.31. The summed E-state index contributed by atoms with van der Waals surface area (Å²) in [5.74, 6) is -0.0976. The summed E-state index contributed by atoms with van der Waals surface area (Å²) in [6, 6.07) is 20.8. The van der Waals surface area contributed by atoms with E-state index in [1.165, 1.54) is 12.1 Å². The quantitative estimate of drug-likeness (QED) is 0.0709. The Labute approximate surface area is 427 Å². The van der Waals surface area contributed by atoms with Crippen molar-refractivity contribution in [2.24, 2.45) is 5.73 Å². The van der Waals surface area contributed by atoms with Gasteiger partial charge in [0.2, 0.25) is 10.0 Å². The Bertz CT molecular complexity index is 2600. The zero-order valence-electron chi connectivity index (χ0n) is 38.2. The van der Waals surface area contributed by atoms with Gasteiger partial charge in [0, 0.05) is 81.9 Å². The van der Waals surface area contributed by atoms with Crippen molar-refractivity contribution in [3.8, 4) is 0 Å². The number of hydrogen-bond donors (Lipinski definition) is 2. The van der Waals surface area contributed by atoms with E-state index in [4.69, 9.17) is 80.9 Å². The van der Waals surface area contributed by atoms with Gasteiger partial charge in [-0.25, -0.2) is 21.6 Å². The summed E-state index contributed by atoms with van der Waals surface area (Å²) in [6.45, 7) is 11.4. The van der Waals surface area contributed by atoms with Crippen molar-refractivity contribution in [1.29, 1.82) is 0 Å². The molecule has 0 aromatic heterocycles. The van der Waals surface area contributed by atoms with Gasteiger partial charge in [0.1, 0.15) is 0 Å². The average molecular weight is 1120 g/mol. The van der Waals surface area contributed by atoms with E-state index < -0.39 is 34.3 Å². The molecule has 23 heteroatoms. The highest BCUT2D eigenvalue weighted by Crippen LogP contribution is 2.48. The largest absolute Gasteiger partial charge is 0.331 e. The van der Waals surface area contributed by atoms with Crippen LogP contribution in [0.4, 0.5) is 0 Å². The molecule has 380 valence electrons. The molecule has 0 aliphatic carbocycles. The maximum Gasteiger partial charge on any atom is 0.331 e. The van der Waals surface area contributed by atoms with Gasteiger partial charge in [0.05, 0.1) is 48.5 Å². The standard InChI is InChI=1S/C22H29Cl2N2O5PS.C16H14Cl3NO2S.C6H16NO3P.CH4/c1-4-30-32(27,31-5-2)10-9-25-33(28,29)18-8-6-7-16(11-18)20-14-26(3)15-21-19(20)12-17(23)13-22(21)24;1-20-8-14(10-3-2-4-12(5-10)23(19,21)22)13-6-11(17)7-16(18)15(13)9-20;1-3-9-11(8,6-5-7)10-4-2;/h6-8,11-13,20,25H,4-5,9-10,14-15H2,1-3H3;2-7,14H,8-9H2,1H3;3-7H2,1-2H3;1H4. The summed E-state index contributed by atoms with van der Waals surface area (Å²) in [7, 11) is -4.31. The van der Waals surface area contributed by atoms with E-state index in [-0.39, 0.29) is 55.0 Å². The minimum atomic E-state index is -3.83.